The number of aryl methyl sites for hydroxylation is 2. The van der Waals surface area contributed by atoms with Gasteiger partial charge < -0.3 is 10.2 Å². The van der Waals surface area contributed by atoms with Gasteiger partial charge in [-0.05, 0) is 96.2 Å². The van der Waals surface area contributed by atoms with Gasteiger partial charge in [0.1, 0.15) is 11.5 Å². The largest absolute Gasteiger partial charge is 0.507 e. The van der Waals surface area contributed by atoms with Crippen molar-refractivity contribution in [1.29, 1.82) is 0 Å². The van der Waals surface area contributed by atoms with Crippen LogP contribution in [0.2, 0.25) is 0 Å². The van der Waals surface area contributed by atoms with E-state index in [-0.39, 0.29) is 12.1 Å². The van der Waals surface area contributed by atoms with E-state index in [1.54, 1.807) is 0 Å². The van der Waals surface area contributed by atoms with Crippen LogP contribution in [0.3, 0.4) is 0 Å². The molecule has 4 aromatic rings. The van der Waals surface area contributed by atoms with Gasteiger partial charge in [0.15, 0.2) is 0 Å². The Balaban J connectivity index is 1.26. The lowest BCUT2D eigenvalue weighted by Crippen LogP contribution is -2.20. The van der Waals surface area contributed by atoms with E-state index in [9.17, 15) is 10.2 Å². The molecule has 0 heterocycles. The van der Waals surface area contributed by atoms with Crippen molar-refractivity contribution in [2.24, 2.45) is 9.98 Å². The standard InChI is InChI=1S/C36H38N2O2/c1-3-25-19-29(27-11-7-5-8-12-27)21-31(35(25)39)23-37-33-15-17-34(18-16-33)38-24-32-22-30(20-26(4-2)36(32)40)28-13-9-6-10-14-28/h5-14,19-24,33-34,39-40H,3-4,15-18H2,1-2H3. The van der Waals surface area contributed by atoms with Crippen molar-refractivity contribution in [2.75, 3.05) is 0 Å². The summed E-state index contributed by atoms with van der Waals surface area (Å²) in [6.45, 7) is 4.13. The molecule has 1 aliphatic carbocycles. The fourth-order valence-electron chi connectivity index (χ4n) is 5.50. The average molecular weight is 531 g/mol. The van der Waals surface area contributed by atoms with Crippen LogP contribution < -0.4 is 0 Å². The molecule has 0 unspecified atom stereocenters. The summed E-state index contributed by atoms with van der Waals surface area (Å²) in [6, 6.07) is 29.2. The van der Waals surface area contributed by atoms with E-state index in [0.29, 0.717) is 11.5 Å². The molecule has 0 aliphatic heterocycles. The Kier molecular flexibility index (Phi) is 8.75. The molecule has 0 bridgehead atoms. The van der Waals surface area contributed by atoms with Gasteiger partial charge in [0.2, 0.25) is 0 Å². The minimum absolute atomic E-state index is 0.220. The second kappa shape index (κ2) is 12.8. The summed E-state index contributed by atoms with van der Waals surface area (Å²) in [5.41, 5.74) is 7.89. The molecule has 1 aliphatic rings. The zero-order chi connectivity index (χ0) is 27.9. The fourth-order valence-corrected chi connectivity index (χ4v) is 5.50. The van der Waals surface area contributed by atoms with Gasteiger partial charge in [-0.15, -0.1) is 0 Å². The van der Waals surface area contributed by atoms with E-state index >= 15 is 0 Å². The maximum atomic E-state index is 10.8. The van der Waals surface area contributed by atoms with E-state index in [2.05, 4.69) is 50.2 Å². The first-order valence-corrected chi connectivity index (χ1v) is 14.4. The number of aromatic hydroxyl groups is 2. The van der Waals surface area contributed by atoms with Crippen LogP contribution in [0, 0.1) is 0 Å². The van der Waals surface area contributed by atoms with Crippen molar-refractivity contribution in [3.05, 3.63) is 107 Å². The first kappa shape index (κ1) is 27.4. The molecule has 4 aromatic carbocycles. The third-order valence-electron chi connectivity index (χ3n) is 7.93. The van der Waals surface area contributed by atoms with E-state index < -0.39 is 0 Å². The van der Waals surface area contributed by atoms with Crippen LogP contribution in [0.1, 0.15) is 61.8 Å². The Hall–Kier alpha value is -4.18. The molecule has 204 valence electrons. The van der Waals surface area contributed by atoms with E-state index in [0.717, 1.165) is 83.0 Å². The second-order valence-electron chi connectivity index (χ2n) is 10.6. The molecular weight excluding hydrogens is 492 g/mol. The summed E-state index contributed by atoms with van der Waals surface area (Å²) in [5.74, 6) is 0.654. The number of benzene rings is 4. The van der Waals surface area contributed by atoms with Crippen molar-refractivity contribution >= 4 is 12.4 Å². The van der Waals surface area contributed by atoms with Crippen molar-refractivity contribution < 1.29 is 10.2 Å². The molecule has 0 atom stereocenters. The fraction of sp³-hybridized carbons (Fsp3) is 0.278. The second-order valence-corrected chi connectivity index (χ2v) is 10.6. The molecule has 1 saturated carbocycles. The van der Waals surface area contributed by atoms with Crippen LogP contribution in [0.25, 0.3) is 22.3 Å². The van der Waals surface area contributed by atoms with Gasteiger partial charge in [0.05, 0.1) is 12.1 Å². The van der Waals surface area contributed by atoms with Gasteiger partial charge in [-0.3, -0.25) is 9.98 Å². The Morgan fingerprint density at radius 3 is 1.30 bits per heavy atom. The predicted molar refractivity (Wildman–Crippen MR) is 167 cm³/mol. The van der Waals surface area contributed by atoms with Gasteiger partial charge in [-0.25, -0.2) is 0 Å². The number of hydrogen-bond acceptors (Lipinski definition) is 4. The number of phenols is 2. The number of hydrogen-bond donors (Lipinski definition) is 2. The van der Waals surface area contributed by atoms with E-state index in [4.69, 9.17) is 9.98 Å². The quantitative estimate of drug-likeness (QED) is 0.225. The lowest BCUT2D eigenvalue weighted by molar-refractivity contribution is 0.399. The van der Waals surface area contributed by atoms with Crippen molar-refractivity contribution in [3.63, 3.8) is 0 Å². The monoisotopic (exact) mass is 530 g/mol. The zero-order valence-electron chi connectivity index (χ0n) is 23.4. The van der Waals surface area contributed by atoms with Gasteiger partial charge in [-0.1, -0.05) is 74.5 Å². The molecule has 1 fully saturated rings. The van der Waals surface area contributed by atoms with Crippen molar-refractivity contribution in [2.45, 2.75) is 64.5 Å². The SMILES string of the molecule is CCc1cc(-c2ccccc2)cc(C=NC2CCC(N=Cc3cc(-c4ccccc4)cc(CC)c3O)CC2)c1O. The molecule has 40 heavy (non-hydrogen) atoms. The summed E-state index contributed by atoms with van der Waals surface area (Å²) >= 11 is 0. The van der Waals surface area contributed by atoms with Gasteiger partial charge in [0.25, 0.3) is 0 Å². The Labute approximate surface area is 237 Å². The van der Waals surface area contributed by atoms with E-state index in [1.807, 2.05) is 61.0 Å². The summed E-state index contributed by atoms with van der Waals surface area (Å²) in [6.07, 6.45) is 9.05. The maximum absolute atomic E-state index is 10.8. The van der Waals surface area contributed by atoms with Gasteiger partial charge in [0, 0.05) is 23.6 Å². The molecule has 4 nitrogen and oxygen atoms in total. The number of phenolic OH excluding ortho intramolecular Hbond substituents is 2. The summed E-state index contributed by atoms with van der Waals surface area (Å²) in [7, 11) is 0. The van der Waals surface area contributed by atoms with Crippen LogP contribution in [0.5, 0.6) is 11.5 Å². The highest BCUT2D eigenvalue weighted by molar-refractivity contribution is 5.88. The highest BCUT2D eigenvalue weighted by atomic mass is 16.3. The molecule has 0 saturated heterocycles. The molecule has 4 heteroatoms. The summed E-state index contributed by atoms with van der Waals surface area (Å²) in [5, 5.41) is 21.7. The van der Waals surface area contributed by atoms with Crippen LogP contribution in [-0.4, -0.2) is 34.7 Å². The van der Waals surface area contributed by atoms with Crippen molar-refractivity contribution in [1.82, 2.24) is 0 Å². The first-order valence-electron chi connectivity index (χ1n) is 14.4. The Bertz CT molecular complexity index is 1370. The minimum Gasteiger partial charge on any atom is -0.507 e. The van der Waals surface area contributed by atoms with Crippen LogP contribution in [0.15, 0.2) is 94.9 Å². The maximum Gasteiger partial charge on any atom is 0.127 e. The summed E-state index contributed by atoms with van der Waals surface area (Å²) in [4.78, 5) is 9.76. The minimum atomic E-state index is 0.220. The average Bonchev–Trinajstić information content (AvgIpc) is 3.01. The van der Waals surface area contributed by atoms with Gasteiger partial charge in [-0.2, -0.15) is 0 Å². The molecule has 0 radical (unpaired) electrons. The van der Waals surface area contributed by atoms with Gasteiger partial charge >= 0.3 is 0 Å². The number of aliphatic imine (C=N–C) groups is 2. The van der Waals surface area contributed by atoms with Crippen LogP contribution in [0.4, 0.5) is 0 Å². The smallest absolute Gasteiger partial charge is 0.127 e. The lowest BCUT2D eigenvalue weighted by Gasteiger charge is -2.23. The van der Waals surface area contributed by atoms with Crippen molar-refractivity contribution in [3.8, 4) is 33.8 Å². The van der Waals surface area contributed by atoms with E-state index in [1.165, 1.54) is 0 Å². The predicted octanol–water partition coefficient (Wildman–Crippen LogP) is 8.41. The molecule has 5 rings (SSSR count). The molecule has 0 spiro atoms. The zero-order valence-corrected chi connectivity index (χ0v) is 23.4. The molecule has 0 aromatic heterocycles. The number of nitrogens with zero attached hydrogens (tertiary/aromatic N) is 2. The molecule has 2 N–H and O–H groups in total. The number of rotatable bonds is 8. The highest BCUT2D eigenvalue weighted by Gasteiger charge is 2.20. The third kappa shape index (κ3) is 6.34. The van der Waals surface area contributed by atoms with Crippen LogP contribution in [-0.2, 0) is 12.8 Å². The molecular formula is C36H38N2O2. The first-order chi connectivity index (χ1) is 19.6. The normalized spacial score (nSPS) is 17.6. The Morgan fingerprint density at radius 2 is 0.950 bits per heavy atom. The summed E-state index contributed by atoms with van der Waals surface area (Å²) < 4.78 is 0. The molecule has 0 amide bonds. The highest BCUT2D eigenvalue weighted by Crippen LogP contribution is 2.32. The third-order valence-corrected chi connectivity index (χ3v) is 7.93. The Morgan fingerprint density at radius 1 is 0.575 bits per heavy atom. The topological polar surface area (TPSA) is 65.2 Å². The lowest BCUT2D eigenvalue weighted by atomic mass is 9.91. The van der Waals surface area contributed by atoms with Crippen LogP contribution >= 0.6 is 0 Å².